The summed E-state index contributed by atoms with van der Waals surface area (Å²) in [5.41, 5.74) is 5.09. The number of carbonyl (C=O) groups is 1. The number of nitrogens with one attached hydrogen (secondary N) is 1. The fourth-order valence-corrected chi connectivity index (χ4v) is 4.12. The van der Waals surface area contributed by atoms with Crippen LogP contribution >= 0.6 is 23.1 Å². The van der Waals surface area contributed by atoms with Crippen LogP contribution in [0.15, 0.2) is 53.1 Å². The van der Waals surface area contributed by atoms with Crippen LogP contribution in [0.2, 0.25) is 0 Å². The minimum absolute atomic E-state index is 0.116. The van der Waals surface area contributed by atoms with E-state index in [9.17, 15) is 4.79 Å². The quantitative estimate of drug-likeness (QED) is 0.513. The van der Waals surface area contributed by atoms with Crippen LogP contribution in [0, 0.1) is 13.8 Å². The summed E-state index contributed by atoms with van der Waals surface area (Å²) in [5, 5.41) is 14.3. The molecule has 1 aromatic carbocycles. The first-order chi connectivity index (χ1) is 13.1. The first kappa shape index (κ1) is 17.7. The molecule has 1 amide bonds. The lowest BCUT2D eigenvalue weighted by molar-refractivity contribution is -0.113. The summed E-state index contributed by atoms with van der Waals surface area (Å²) >= 11 is 2.77. The van der Waals surface area contributed by atoms with E-state index < -0.39 is 0 Å². The van der Waals surface area contributed by atoms with Crippen LogP contribution in [-0.4, -0.2) is 31.2 Å². The molecule has 4 aromatic rings. The molecule has 3 heterocycles. The number of pyridine rings is 1. The van der Waals surface area contributed by atoms with Gasteiger partial charge in [0.15, 0.2) is 15.9 Å². The smallest absolute Gasteiger partial charge is 0.236 e. The van der Waals surface area contributed by atoms with Crippen molar-refractivity contribution in [2.75, 3.05) is 11.1 Å². The molecule has 0 saturated heterocycles. The number of benzene rings is 1. The van der Waals surface area contributed by atoms with Gasteiger partial charge in [0.2, 0.25) is 5.91 Å². The first-order valence-corrected chi connectivity index (χ1v) is 10.2. The average Bonchev–Trinajstić information content (AvgIpc) is 3.29. The summed E-state index contributed by atoms with van der Waals surface area (Å²) < 4.78 is 1.86. The third-order valence-electron chi connectivity index (χ3n) is 4.03. The summed E-state index contributed by atoms with van der Waals surface area (Å²) in [7, 11) is 0. The van der Waals surface area contributed by atoms with Gasteiger partial charge in [-0.3, -0.25) is 9.20 Å². The van der Waals surface area contributed by atoms with Crippen molar-refractivity contribution in [1.29, 1.82) is 0 Å². The molecule has 0 aliphatic rings. The van der Waals surface area contributed by atoms with Gasteiger partial charge in [0, 0.05) is 17.1 Å². The maximum Gasteiger partial charge on any atom is 0.236 e. The highest BCUT2D eigenvalue weighted by Gasteiger charge is 2.12. The van der Waals surface area contributed by atoms with Gasteiger partial charge in [-0.1, -0.05) is 35.5 Å². The number of amides is 1. The Hall–Kier alpha value is -2.71. The highest BCUT2D eigenvalue weighted by atomic mass is 32.2. The topological polar surface area (TPSA) is 72.2 Å². The predicted octanol–water partition coefficient (Wildman–Crippen LogP) is 4.20. The number of hydrogen-bond donors (Lipinski definition) is 1. The number of thioether (sulfide) groups is 1. The number of aryl methyl sites for hydroxylation is 2. The van der Waals surface area contributed by atoms with E-state index in [1.54, 1.807) is 0 Å². The van der Waals surface area contributed by atoms with Gasteiger partial charge in [-0.25, -0.2) is 4.98 Å². The predicted molar refractivity (Wildman–Crippen MR) is 109 cm³/mol. The fourth-order valence-electron chi connectivity index (χ4n) is 2.67. The maximum absolute atomic E-state index is 12.3. The normalized spacial score (nSPS) is 11.0. The van der Waals surface area contributed by atoms with Crippen molar-refractivity contribution in [3.05, 3.63) is 59.1 Å². The van der Waals surface area contributed by atoms with E-state index in [1.165, 1.54) is 28.7 Å². The monoisotopic (exact) mass is 395 g/mol. The number of nitrogens with zero attached hydrogens (tertiary/aromatic N) is 4. The summed E-state index contributed by atoms with van der Waals surface area (Å²) in [5.74, 6) is 0.128. The molecule has 0 fully saturated rings. The number of fused-ring (bicyclic) bond motifs is 1. The highest BCUT2D eigenvalue weighted by Crippen LogP contribution is 2.28. The average molecular weight is 396 g/mol. The minimum Gasteiger partial charge on any atom is -0.301 e. The van der Waals surface area contributed by atoms with Crippen molar-refractivity contribution in [2.45, 2.75) is 19.0 Å². The second-order valence-corrected chi connectivity index (χ2v) is 7.91. The van der Waals surface area contributed by atoms with Crippen molar-refractivity contribution in [1.82, 2.24) is 19.6 Å². The molecule has 27 heavy (non-hydrogen) atoms. The van der Waals surface area contributed by atoms with Gasteiger partial charge in [-0.2, -0.15) is 0 Å². The molecular weight excluding hydrogens is 378 g/mol. The largest absolute Gasteiger partial charge is 0.301 e. The van der Waals surface area contributed by atoms with Crippen LogP contribution in [0.1, 0.15) is 11.1 Å². The number of thiazole rings is 1. The van der Waals surface area contributed by atoms with Gasteiger partial charge in [0.05, 0.1) is 11.4 Å². The standard InChI is InChI=1S/C19H17N5OS2/c1-12-6-7-13(2)14(9-12)15-10-26-18(20-15)21-17(25)11-27-19-23-22-16-5-3-4-8-24(16)19/h3-10H,11H2,1-2H3,(H,20,21,25). The molecule has 1 N–H and O–H groups in total. The number of hydrogen-bond acceptors (Lipinski definition) is 6. The number of anilines is 1. The molecule has 0 atom stereocenters. The van der Waals surface area contributed by atoms with Crippen molar-refractivity contribution >= 4 is 39.8 Å². The molecule has 3 aromatic heterocycles. The van der Waals surface area contributed by atoms with Crippen molar-refractivity contribution in [3.63, 3.8) is 0 Å². The molecule has 0 aliphatic carbocycles. The Morgan fingerprint density at radius 3 is 3.00 bits per heavy atom. The first-order valence-electron chi connectivity index (χ1n) is 8.36. The summed E-state index contributed by atoms with van der Waals surface area (Å²) in [6, 6.07) is 12.0. The van der Waals surface area contributed by atoms with Gasteiger partial charge in [-0.15, -0.1) is 21.5 Å². The highest BCUT2D eigenvalue weighted by molar-refractivity contribution is 7.99. The Morgan fingerprint density at radius 2 is 2.11 bits per heavy atom. The maximum atomic E-state index is 12.3. The van der Waals surface area contributed by atoms with Gasteiger partial charge in [0.1, 0.15) is 0 Å². The second kappa shape index (κ2) is 7.50. The lowest BCUT2D eigenvalue weighted by Gasteiger charge is -2.04. The summed E-state index contributed by atoms with van der Waals surface area (Å²) in [6.07, 6.45) is 1.88. The zero-order valence-corrected chi connectivity index (χ0v) is 16.5. The minimum atomic E-state index is -0.116. The van der Waals surface area contributed by atoms with Gasteiger partial charge >= 0.3 is 0 Å². The van der Waals surface area contributed by atoms with Crippen LogP contribution in [0.25, 0.3) is 16.9 Å². The molecule has 0 saturated carbocycles. The van der Waals surface area contributed by atoms with E-state index in [0.717, 1.165) is 22.5 Å². The molecule has 6 nitrogen and oxygen atoms in total. The lowest BCUT2D eigenvalue weighted by Crippen LogP contribution is -2.14. The summed E-state index contributed by atoms with van der Waals surface area (Å²) in [4.78, 5) is 16.8. The fraction of sp³-hybridized carbons (Fsp3) is 0.158. The van der Waals surface area contributed by atoms with E-state index in [1.807, 2.05) is 34.2 Å². The molecule has 136 valence electrons. The van der Waals surface area contributed by atoms with Gasteiger partial charge in [-0.05, 0) is 37.6 Å². The molecule has 0 radical (unpaired) electrons. The third-order valence-corrected chi connectivity index (χ3v) is 5.74. The molecule has 4 rings (SSSR count). The molecule has 0 aliphatic heterocycles. The van der Waals surface area contributed by atoms with Crippen LogP contribution in [-0.2, 0) is 4.79 Å². The molecule has 0 bridgehead atoms. The van der Waals surface area contributed by atoms with Crippen molar-refractivity contribution < 1.29 is 4.79 Å². The van der Waals surface area contributed by atoms with Crippen LogP contribution < -0.4 is 5.32 Å². The summed E-state index contributed by atoms with van der Waals surface area (Å²) in [6.45, 7) is 4.12. The third kappa shape index (κ3) is 3.86. The Kier molecular flexibility index (Phi) is 4.91. The SMILES string of the molecule is Cc1ccc(C)c(-c2csc(NC(=O)CSc3nnc4ccccn34)n2)c1. The van der Waals surface area contributed by atoms with Gasteiger partial charge < -0.3 is 5.32 Å². The van der Waals surface area contributed by atoms with E-state index in [-0.39, 0.29) is 11.7 Å². The van der Waals surface area contributed by atoms with Gasteiger partial charge in [0.25, 0.3) is 0 Å². The molecular formula is C19H17N5OS2. The zero-order chi connectivity index (χ0) is 18.8. The van der Waals surface area contributed by atoms with Crippen LogP contribution in [0.4, 0.5) is 5.13 Å². The van der Waals surface area contributed by atoms with Crippen LogP contribution in [0.3, 0.4) is 0 Å². The number of rotatable bonds is 5. The number of carbonyl (C=O) groups excluding carboxylic acids is 1. The number of aromatic nitrogens is 4. The zero-order valence-electron chi connectivity index (χ0n) is 14.8. The Balaban J connectivity index is 1.41. The van der Waals surface area contributed by atoms with E-state index >= 15 is 0 Å². The van der Waals surface area contributed by atoms with Crippen LogP contribution in [0.5, 0.6) is 0 Å². The van der Waals surface area contributed by atoms with Crippen molar-refractivity contribution in [2.24, 2.45) is 0 Å². The Labute approximate surface area is 164 Å². The van der Waals surface area contributed by atoms with E-state index in [4.69, 9.17) is 0 Å². The second-order valence-electron chi connectivity index (χ2n) is 6.10. The lowest BCUT2D eigenvalue weighted by atomic mass is 10.0. The Morgan fingerprint density at radius 1 is 1.22 bits per heavy atom. The Bertz CT molecular complexity index is 1120. The molecule has 8 heteroatoms. The van der Waals surface area contributed by atoms with E-state index in [2.05, 4.69) is 52.5 Å². The van der Waals surface area contributed by atoms with Crippen molar-refractivity contribution in [3.8, 4) is 11.3 Å². The van der Waals surface area contributed by atoms with E-state index in [0.29, 0.717) is 10.3 Å². The molecule has 0 unspecified atom stereocenters. The molecule has 0 spiro atoms.